The highest BCUT2D eigenvalue weighted by Gasteiger charge is 2.39. The maximum atomic E-state index is 13.0. The van der Waals surface area contributed by atoms with Gasteiger partial charge in [-0.15, -0.1) is 0 Å². The minimum Gasteiger partial charge on any atom is -0.395 e. The summed E-state index contributed by atoms with van der Waals surface area (Å²) in [6, 6.07) is 4.95. The standard InChI is InChI=1S/C11H13FO2/c1-8-4-9(2-3-10(8)12)11(5-13)6-14-7-11/h2-4,13H,5-7H2,1H3. The Kier molecular flexibility index (Phi) is 2.29. The van der Waals surface area contributed by atoms with Crippen molar-refractivity contribution in [2.24, 2.45) is 0 Å². The number of hydrogen-bond donors (Lipinski definition) is 1. The topological polar surface area (TPSA) is 29.5 Å². The summed E-state index contributed by atoms with van der Waals surface area (Å²) in [5.41, 5.74) is 1.28. The van der Waals surface area contributed by atoms with Gasteiger partial charge in [-0.1, -0.05) is 12.1 Å². The molecule has 0 amide bonds. The van der Waals surface area contributed by atoms with Crippen molar-refractivity contribution in [1.29, 1.82) is 0 Å². The molecule has 0 aliphatic carbocycles. The second-order valence-electron chi connectivity index (χ2n) is 3.90. The first-order valence-corrected chi connectivity index (χ1v) is 4.63. The van der Waals surface area contributed by atoms with Crippen molar-refractivity contribution in [2.75, 3.05) is 19.8 Å². The van der Waals surface area contributed by atoms with Gasteiger partial charge in [0.1, 0.15) is 5.82 Å². The van der Waals surface area contributed by atoms with E-state index in [9.17, 15) is 9.50 Å². The van der Waals surface area contributed by atoms with Crippen LogP contribution in [0.5, 0.6) is 0 Å². The number of hydrogen-bond acceptors (Lipinski definition) is 2. The molecule has 1 N–H and O–H groups in total. The van der Waals surface area contributed by atoms with Gasteiger partial charge in [-0.25, -0.2) is 4.39 Å². The average molecular weight is 196 g/mol. The van der Waals surface area contributed by atoms with Crippen LogP contribution in [0.2, 0.25) is 0 Å². The van der Waals surface area contributed by atoms with E-state index in [1.165, 1.54) is 6.07 Å². The number of aryl methyl sites for hydroxylation is 1. The summed E-state index contributed by atoms with van der Waals surface area (Å²) in [5.74, 6) is -0.206. The SMILES string of the molecule is Cc1cc(C2(CO)COC2)ccc1F. The van der Waals surface area contributed by atoms with E-state index in [2.05, 4.69) is 0 Å². The Labute approximate surface area is 82.3 Å². The summed E-state index contributed by atoms with van der Waals surface area (Å²) in [7, 11) is 0. The van der Waals surface area contributed by atoms with E-state index in [0.717, 1.165) is 5.56 Å². The van der Waals surface area contributed by atoms with Crippen LogP contribution in [0.3, 0.4) is 0 Å². The number of benzene rings is 1. The zero-order chi connectivity index (χ0) is 10.2. The summed E-state index contributed by atoms with van der Waals surface area (Å²) in [6.07, 6.45) is 0. The van der Waals surface area contributed by atoms with Crippen LogP contribution >= 0.6 is 0 Å². The number of aliphatic hydroxyl groups excluding tert-OH is 1. The third kappa shape index (κ3) is 1.33. The van der Waals surface area contributed by atoms with Gasteiger partial charge in [0, 0.05) is 0 Å². The Hall–Kier alpha value is -0.930. The first-order chi connectivity index (χ1) is 6.68. The smallest absolute Gasteiger partial charge is 0.126 e. The fourth-order valence-electron chi connectivity index (χ4n) is 1.67. The van der Waals surface area contributed by atoms with E-state index in [0.29, 0.717) is 18.8 Å². The van der Waals surface area contributed by atoms with Crippen LogP contribution in [0.1, 0.15) is 11.1 Å². The quantitative estimate of drug-likeness (QED) is 0.774. The molecule has 0 aromatic heterocycles. The van der Waals surface area contributed by atoms with E-state index in [1.54, 1.807) is 19.1 Å². The minimum absolute atomic E-state index is 0.0536. The third-order valence-corrected chi connectivity index (χ3v) is 2.83. The van der Waals surface area contributed by atoms with Gasteiger partial charge in [0.25, 0.3) is 0 Å². The average Bonchev–Trinajstić information content (AvgIpc) is 2.10. The van der Waals surface area contributed by atoms with Crippen LogP contribution in [0.4, 0.5) is 4.39 Å². The summed E-state index contributed by atoms with van der Waals surface area (Å²) in [6.45, 7) is 2.82. The molecular weight excluding hydrogens is 183 g/mol. The van der Waals surface area contributed by atoms with Crippen molar-refractivity contribution >= 4 is 0 Å². The van der Waals surface area contributed by atoms with E-state index < -0.39 is 0 Å². The zero-order valence-corrected chi connectivity index (χ0v) is 8.09. The normalized spacial score (nSPS) is 19.1. The first-order valence-electron chi connectivity index (χ1n) is 4.63. The van der Waals surface area contributed by atoms with Gasteiger partial charge >= 0.3 is 0 Å². The molecule has 0 saturated carbocycles. The van der Waals surface area contributed by atoms with Crippen LogP contribution in [0.15, 0.2) is 18.2 Å². The van der Waals surface area contributed by atoms with Gasteiger partial charge in [-0.2, -0.15) is 0 Å². The molecule has 1 aliphatic rings. The van der Waals surface area contributed by atoms with E-state index >= 15 is 0 Å². The van der Waals surface area contributed by atoms with Crippen molar-refractivity contribution in [3.8, 4) is 0 Å². The van der Waals surface area contributed by atoms with Gasteiger partial charge in [0.15, 0.2) is 0 Å². The van der Waals surface area contributed by atoms with Gasteiger partial charge < -0.3 is 9.84 Å². The Bertz CT molecular complexity index is 340. The predicted octanol–water partition coefficient (Wildman–Crippen LogP) is 1.39. The number of rotatable bonds is 2. The van der Waals surface area contributed by atoms with Gasteiger partial charge in [0.05, 0.1) is 25.2 Å². The molecule has 0 radical (unpaired) electrons. The van der Waals surface area contributed by atoms with Gasteiger partial charge in [-0.3, -0.25) is 0 Å². The lowest BCUT2D eigenvalue weighted by Crippen LogP contribution is -2.49. The number of aliphatic hydroxyl groups is 1. The van der Waals surface area contributed by atoms with Crippen LogP contribution in [-0.2, 0) is 10.2 Å². The summed E-state index contributed by atoms with van der Waals surface area (Å²) < 4.78 is 18.1. The second-order valence-corrected chi connectivity index (χ2v) is 3.90. The van der Waals surface area contributed by atoms with Crippen molar-refractivity contribution in [1.82, 2.24) is 0 Å². The van der Waals surface area contributed by atoms with E-state index in [4.69, 9.17) is 4.74 Å². The fraction of sp³-hybridized carbons (Fsp3) is 0.455. The Morgan fingerprint density at radius 1 is 1.50 bits per heavy atom. The van der Waals surface area contributed by atoms with Gasteiger partial charge in [-0.05, 0) is 24.1 Å². The van der Waals surface area contributed by atoms with E-state index in [-0.39, 0.29) is 17.8 Å². The molecular formula is C11H13FO2. The molecule has 2 rings (SSSR count). The summed E-state index contributed by atoms with van der Waals surface area (Å²) in [5, 5.41) is 9.28. The molecule has 1 aromatic rings. The van der Waals surface area contributed by atoms with Crippen LogP contribution in [0, 0.1) is 12.7 Å². The molecule has 14 heavy (non-hydrogen) atoms. The maximum absolute atomic E-state index is 13.0. The lowest BCUT2D eigenvalue weighted by atomic mass is 9.79. The molecule has 1 aliphatic heterocycles. The Morgan fingerprint density at radius 3 is 2.64 bits per heavy atom. The van der Waals surface area contributed by atoms with Crippen molar-refractivity contribution in [3.05, 3.63) is 35.1 Å². The Balaban J connectivity index is 2.36. The molecule has 76 valence electrons. The molecule has 0 spiro atoms. The highest BCUT2D eigenvalue weighted by atomic mass is 19.1. The molecule has 2 nitrogen and oxygen atoms in total. The first kappa shape index (κ1) is 9.62. The monoisotopic (exact) mass is 196 g/mol. The Morgan fingerprint density at radius 2 is 2.21 bits per heavy atom. The van der Waals surface area contributed by atoms with Crippen molar-refractivity contribution < 1.29 is 14.2 Å². The molecule has 0 bridgehead atoms. The van der Waals surface area contributed by atoms with Crippen LogP contribution in [0.25, 0.3) is 0 Å². The molecule has 1 fully saturated rings. The van der Waals surface area contributed by atoms with Crippen molar-refractivity contribution in [3.63, 3.8) is 0 Å². The highest BCUT2D eigenvalue weighted by Crippen LogP contribution is 2.32. The van der Waals surface area contributed by atoms with E-state index in [1.807, 2.05) is 0 Å². The lowest BCUT2D eigenvalue weighted by molar-refractivity contribution is -0.0842. The molecule has 0 unspecified atom stereocenters. The second kappa shape index (κ2) is 3.33. The lowest BCUT2D eigenvalue weighted by Gasteiger charge is -2.40. The minimum atomic E-state index is -0.293. The molecule has 1 saturated heterocycles. The predicted molar refractivity (Wildman–Crippen MR) is 50.7 cm³/mol. The highest BCUT2D eigenvalue weighted by molar-refractivity contribution is 5.32. The fourth-order valence-corrected chi connectivity index (χ4v) is 1.67. The van der Waals surface area contributed by atoms with Crippen LogP contribution in [-0.4, -0.2) is 24.9 Å². The van der Waals surface area contributed by atoms with Crippen LogP contribution < -0.4 is 0 Å². The summed E-state index contributed by atoms with van der Waals surface area (Å²) >= 11 is 0. The maximum Gasteiger partial charge on any atom is 0.126 e. The largest absolute Gasteiger partial charge is 0.395 e. The molecule has 3 heteroatoms. The summed E-state index contributed by atoms with van der Waals surface area (Å²) in [4.78, 5) is 0. The number of halogens is 1. The van der Waals surface area contributed by atoms with Gasteiger partial charge in [0.2, 0.25) is 0 Å². The molecule has 1 heterocycles. The molecule has 1 aromatic carbocycles. The molecule has 0 atom stereocenters. The zero-order valence-electron chi connectivity index (χ0n) is 8.09. The number of ether oxygens (including phenoxy) is 1. The van der Waals surface area contributed by atoms with Crippen molar-refractivity contribution in [2.45, 2.75) is 12.3 Å². The third-order valence-electron chi connectivity index (χ3n) is 2.83.